The van der Waals surface area contributed by atoms with Crippen LogP contribution in [-0.2, 0) is 20.9 Å². The SMILES string of the molecule is COC(=O)[C@H](CCC(C)(C)C)NC(=O)OCc1ccccc1. The number of hydrogen-bond acceptors (Lipinski definition) is 4. The average Bonchev–Trinajstić information content (AvgIpc) is 2.48. The summed E-state index contributed by atoms with van der Waals surface area (Å²) < 4.78 is 9.86. The highest BCUT2D eigenvalue weighted by atomic mass is 16.6. The second-order valence-electron chi connectivity index (χ2n) is 6.38. The molecule has 0 saturated carbocycles. The standard InChI is InChI=1S/C17H25NO4/c1-17(2,3)11-10-14(15(19)21-4)18-16(20)22-12-13-8-6-5-7-9-13/h5-9,14H,10-12H2,1-4H3,(H,18,20)/t14-/m0/s1. The first kappa shape index (κ1) is 18.0. The number of hydrogen-bond donors (Lipinski definition) is 1. The van der Waals surface area contributed by atoms with Gasteiger partial charge in [0.05, 0.1) is 7.11 Å². The number of methoxy groups -OCH3 is 1. The molecule has 5 heteroatoms. The van der Waals surface area contributed by atoms with Crippen molar-refractivity contribution in [2.24, 2.45) is 5.41 Å². The summed E-state index contributed by atoms with van der Waals surface area (Å²) in [5.74, 6) is -0.457. The van der Waals surface area contributed by atoms with Gasteiger partial charge in [0.1, 0.15) is 12.6 Å². The number of nitrogens with one attached hydrogen (secondary N) is 1. The van der Waals surface area contributed by atoms with E-state index in [4.69, 9.17) is 9.47 Å². The molecule has 0 fully saturated rings. The number of alkyl carbamates (subject to hydrolysis) is 1. The molecule has 0 radical (unpaired) electrons. The lowest BCUT2D eigenvalue weighted by atomic mass is 9.89. The van der Waals surface area contributed by atoms with Crippen molar-refractivity contribution in [1.82, 2.24) is 5.32 Å². The predicted molar refractivity (Wildman–Crippen MR) is 84.3 cm³/mol. The summed E-state index contributed by atoms with van der Waals surface area (Å²) in [6, 6.07) is 8.68. The van der Waals surface area contributed by atoms with Crippen LogP contribution in [0.15, 0.2) is 30.3 Å². The van der Waals surface area contributed by atoms with E-state index in [2.05, 4.69) is 26.1 Å². The Balaban J connectivity index is 2.50. The van der Waals surface area contributed by atoms with Gasteiger partial charge in [-0.1, -0.05) is 51.1 Å². The van der Waals surface area contributed by atoms with Crippen molar-refractivity contribution in [3.8, 4) is 0 Å². The van der Waals surface area contributed by atoms with Crippen LogP contribution in [0.4, 0.5) is 4.79 Å². The number of rotatable bonds is 6. The molecule has 0 aliphatic rings. The summed E-state index contributed by atoms with van der Waals surface area (Å²) in [6.07, 6.45) is 0.677. The molecule has 1 aromatic carbocycles. The normalized spacial score (nSPS) is 12.4. The zero-order valence-electron chi connectivity index (χ0n) is 13.7. The van der Waals surface area contributed by atoms with Crippen LogP contribution in [0.25, 0.3) is 0 Å². The van der Waals surface area contributed by atoms with Crippen LogP contribution < -0.4 is 5.32 Å². The van der Waals surface area contributed by atoms with Crippen LogP contribution in [0.5, 0.6) is 0 Å². The Bertz CT molecular complexity index is 479. The van der Waals surface area contributed by atoms with Crippen molar-refractivity contribution in [2.75, 3.05) is 7.11 Å². The van der Waals surface area contributed by atoms with E-state index in [0.717, 1.165) is 12.0 Å². The number of benzene rings is 1. The highest BCUT2D eigenvalue weighted by Crippen LogP contribution is 2.22. The largest absolute Gasteiger partial charge is 0.467 e. The Morgan fingerprint density at radius 1 is 1.18 bits per heavy atom. The highest BCUT2D eigenvalue weighted by molar-refractivity contribution is 5.81. The van der Waals surface area contributed by atoms with Gasteiger partial charge < -0.3 is 14.8 Å². The molecule has 0 aromatic heterocycles. The van der Waals surface area contributed by atoms with Gasteiger partial charge in [-0.3, -0.25) is 0 Å². The molecule has 1 atom stereocenters. The van der Waals surface area contributed by atoms with Crippen LogP contribution in [0.1, 0.15) is 39.2 Å². The van der Waals surface area contributed by atoms with Crippen LogP contribution in [0.3, 0.4) is 0 Å². The topological polar surface area (TPSA) is 64.6 Å². The second-order valence-corrected chi connectivity index (χ2v) is 6.38. The Labute approximate surface area is 132 Å². The minimum absolute atomic E-state index is 0.0713. The number of esters is 1. The average molecular weight is 307 g/mol. The van der Waals surface area contributed by atoms with E-state index in [-0.39, 0.29) is 12.0 Å². The first-order chi connectivity index (χ1) is 10.3. The fourth-order valence-corrected chi connectivity index (χ4v) is 1.88. The lowest BCUT2D eigenvalue weighted by Crippen LogP contribution is -2.42. The number of ether oxygens (including phenoxy) is 2. The molecule has 22 heavy (non-hydrogen) atoms. The summed E-state index contributed by atoms with van der Waals surface area (Å²) in [6.45, 7) is 6.40. The zero-order chi connectivity index (χ0) is 16.6. The van der Waals surface area contributed by atoms with E-state index in [1.807, 2.05) is 30.3 Å². The zero-order valence-corrected chi connectivity index (χ0v) is 13.7. The van der Waals surface area contributed by atoms with E-state index < -0.39 is 18.1 Å². The van der Waals surface area contributed by atoms with Gasteiger partial charge >= 0.3 is 12.1 Å². The van der Waals surface area contributed by atoms with Crippen LogP contribution in [0.2, 0.25) is 0 Å². The molecule has 0 aliphatic carbocycles. The summed E-state index contributed by atoms with van der Waals surface area (Å²) in [7, 11) is 1.31. The quantitative estimate of drug-likeness (QED) is 0.819. The van der Waals surface area contributed by atoms with Gasteiger partial charge in [-0.2, -0.15) is 0 Å². The molecular weight excluding hydrogens is 282 g/mol. The van der Waals surface area contributed by atoms with Crippen molar-refractivity contribution >= 4 is 12.1 Å². The summed E-state index contributed by atoms with van der Waals surface area (Å²) in [5, 5.41) is 2.57. The maximum absolute atomic E-state index is 11.8. The molecule has 5 nitrogen and oxygen atoms in total. The molecule has 0 aliphatic heterocycles. The Hall–Kier alpha value is -2.04. The molecular formula is C17H25NO4. The van der Waals surface area contributed by atoms with E-state index in [1.165, 1.54) is 7.11 Å². The summed E-state index contributed by atoms with van der Waals surface area (Å²) in [4.78, 5) is 23.6. The molecule has 122 valence electrons. The smallest absolute Gasteiger partial charge is 0.408 e. The molecule has 0 spiro atoms. The predicted octanol–water partition coefficient (Wildman–Crippen LogP) is 3.28. The number of carbonyl (C=O) groups excluding carboxylic acids is 2. The lowest BCUT2D eigenvalue weighted by Gasteiger charge is -2.22. The number of carbonyl (C=O) groups is 2. The maximum atomic E-state index is 11.8. The van der Waals surface area contributed by atoms with Gasteiger partial charge in [-0.15, -0.1) is 0 Å². The molecule has 0 unspecified atom stereocenters. The van der Waals surface area contributed by atoms with Crippen molar-refractivity contribution in [1.29, 1.82) is 0 Å². The summed E-state index contributed by atoms with van der Waals surface area (Å²) >= 11 is 0. The first-order valence-electron chi connectivity index (χ1n) is 7.37. The third kappa shape index (κ3) is 7.11. The van der Waals surface area contributed by atoms with Gasteiger partial charge in [0, 0.05) is 0 Å². The second kappa shape index (κ2) is 8.41. The maximum Gasteiger partial charge on any atom is 0.408 e. The van der Waals surface area contributed by atoms with Crippen molar-refractivity contribution in [3.05, 3.63) is 35.9 Å². The fourth-order valence-electron chi connectivity index (χ4n) is 1.88. The Morgan fingerprint density at radius 2 is 1.82 bits per heavy atom. The lowest BCUT2D eigenvalue weighted by molar-refractivity contribution is -0.143. The molecule has 0 heterocycles. The fraction of sp³-hybridized carbons (Fsp3) is 0.529. The van der Waals surface area contributed by atoms with Crippen LogP contribution in [-0.4, -0.2) is 25.2 Å². The van der Waals surface area contributed by atoms with E-state index in [1.54, 1.807) is 0 Å². The van der Waals surface area contributed by atoms with Gasteiger partial charge in [0.25, 0.3) is 0 Å². The Morgan fingerprint density at radius 3 is 2.36 bits per heavy atom. The van der Waals surface area contributed by atoms with Crippen molar-refractivity contribution in [3.63, 3.8) is 0 Å². The van der Waals surface area contributed by atoms with Crippen LogP contribution in [0, 0.1) is 5.41 Å². The van der Waals surface area contributed by atoms with Crippen molar-refractivity contribution in [2.45, 2.75) is 46.3 Å². The third-order valence-corrected chi connectivity index (χ3v) is 3.17. The molecule has 1 rings (SSSR count). The molecule has 0 bridgehead atoms. The Kier molecular flexibility index (Phi) is 6.89. The van der Waals surface area contributed by atoms with E-state index >= 15 is 0 Å². The van der Waals surface area contributed by atoms with Gasteiger partial charge in [-0.25, -0.2) is 9.59 Å². The monoisotopic (exact) mass is 307 g/mol. The van der Waals surface area contributed by atoms with E-state index in [9.17, 15) is 9.59 Å². The number of amides is 1. The summed E-state index contributed by atoms with van der Waals surface area (Å²) in [5.41, 5.74) is 0.962. The van der Waals surface area contributed by atoms with Crippen LogP contribution >= 0.6 is 0 Å². The van der Waals surface area contributed by atoms with Crippen molar-refractivity contribution < 1.29 is 19.1 Å². The van der Waals surface area contributed by atoms with E-state index in [0.29, 0.717) is 6.42 Å². The molecule has 1 aromatic rings. The third-order valence-electron chi connectivity index (χ3n) is 3.17. The molecule has 0 saturated heterocycles. The highest BCUT2D eigenvalue weighted by Gasteiger charge is 2.24. The molecule has 1 N–H and O–H groups in total. The minimum Gasteiger partial charge on any atom is -0.467 e. The first-order valence-corrected chi connectivity index (χ1v) is 7.37. The van der Waals surface area contributed by atoms with Gasteiger partial charge in [0.2, 0.25) is 0 Å². The molecule has 1 amide bonds. The minimum atomic E-state index is -0.688. The van der Waals surface area contributed by atoms with Gasteiger partial charge in [-0.05, 0) is 23.8 Å². The van der Waals surface area contributed by atoms with Gasteiger partial charge in [0.15, 0.2) is 0 Å².